The molecule has 184 valence electrons. The van der Waals surface area contributed by atoms with Crippen molar-refractivity contribution in [2.75, 3.05) is 26.6 Å². The van der Waals surface area contributed by atoms with Gasteiger partial charge in [0.05, 0.1) is 30.7 Å². The number of carbonyl (C=O) groups excluding carboxylic acids is 1. The number of aromatic nitrogens is 5. The number of methoxy groups -OCH3 is 2. The van der Waals surface area contributed by atoms with Crippen LogP contribution in [0.1, 0.15) is 43.1 Å². The summed E-state index contributed by atoms with van der Waals surface area (Å²) < 4.78 is 29.5. The van der Waals surface area contributed by atoms with Gasteiger partial charge in [0.15, 0.2) is 5.82 Å². The molecule has 0 radical (unpaired) electrons. The van der Waals surface area contributed by atoms with Gasteiger partial charge in [-0.1, -0.05) is 0 Å². The van der Waals surface area contributed by atoms with Crippen LogP contribution in [-0.4, -0.2) is 62.8 Å². The number of imidazole rings is 1. The van der Waals surface area contributed by atoms with Crippen molar-refractivity contribution in [1.82, 2.24) is 29.3 Å². The van der Waals surface area contributed by atoms with E-state index in [9.17, 15) is 4.79 Å². The Kier molecular flexibility index (Phi) is 5.79. The van der Waals surface area contributed by atoms with Gasteiger partial charge in [0.2, 0.25) is 11.8 Å². The largest absolute Gasteiger partial charge is 0.479 e. The van der Waals surface area contributed by atoms with Gasteiger partial charge in [0, 0.05) is 32.0 Å². The van der Waals surface area contributed by atoms with E-state index in [2.05, 4.69) is 32.6 Å². The lowest BCUT2D eigenvalue weighted by atomic mass is 9.83. The Labute approximate surface area is 201 Å². The zero-order chi connectivity index (χ0) is 24.7. The highest BCUT2D eigenvalue weighted by molar-refractivity contribution is 5.93. The summed E-state index contributed by atoms with van der Waals surface area (Å²) >= 11 is 0. The third-order valence-corrected chi connectivity index (χ3v) is 6.87. The van der Waals surface area contributed by atoms with E-state index in [4.69, 9.17) is 9.47 Å². The summed E-state index contributed by atoms with van der Waals surface area (Å²) in [6, 6.07) is 3.66. The number of nitrogens with zero attached hydrogens (tertiary/aromatic N) is 5. The highest BCUT2D eigenvalue weighted by Gasteiger charge is 2.31. The van der Waals surface area contributed by atoms with Crippen LogP contribution in [0.25, 0.3) is 22.3 Å². The number of anilines is 1. The molecule has 11 heteroatoms. The maximum absolute atomic E-state index is 15.3. The summed E-state index contributed by atoms with van der Waals surface area (Å²) in [5, 5.41) is 10.5. The summed E-state index contributed by atoms with van der Waals surface area (Å²) in [4.78, 5) is 21.0. The van der Waals surface area contributed by atoms with Gasteiger partial charge in [-0.3, -0.25) is 9.20 Å². The lowest BCUT2D eigenvalue weighted by molar-refractivity contribution is -0.0253. The lowest BCUT2D eigenvalue weighted by Gasteiger charge is -2.36. The number of nitrogens with one attached hydrogen (secondary N) is 2. The molecule has 2 N–H and O–H groups in total. The summed E-state index contributed by atoms with van der Waals surface area (Å²) in [5.74, 6) is -0.156. The first kappa shape index (κ1) is 23.0. The Bertz CT molecular complexity index is 1410. The van der Waals surface area contributed by atoms with E-state index >= 15 is 4.39 Å². The fourth-order valence-corrected chi connectivity index (χ4v) is 4.68. The van der Waals surface area contributed by atoms with Crippen LogP contribution in [0.5, 0.6) is 5.88 Å². The molecule has 1 amide bonds. The van der Waals surface area contributed by atoms with E-state index in [1.165, 1.54) is 24.0 Å². The highest BCUT2D eigenvalue weighted by Crippen LogP contribution is 2.35. The summed E-state index contributed by atoms with van der Waals surface area (Å²) in [6.45, 7) is 2.12. The molecule has 35 heavy (non-hydrogen) atoms. The summed E-state index contributed by atoms with van der Waals surface area (Å²) in [5.41, 5.74) is 2.03. The molecule has 4 aromatic heterocycles. The van der Waals surface area contributed by atoms with Gasteiger partial charge in [0.25, 0.3) is 5.91 Å². The molecule has 5 rings (SSSR count). The monoisotopic (exact) mass is 481 g/mol. The van der Waals surface area contributed by atoms with E-state index in [-0.39, 0.29) is 29.0 Å². The van der Waals surface area contributed by atoms with Crippen molar-refractivity contribution in [1.29, 1.82) is 0 Å². The molecule has 0 bridgehead atoms. The fraction of sp³-hybridized carbons (Fsp3) is 0.417. The Morgan fingerprint density at radius 3 is 2.69 bits per heavy atom. The van der Waals surface area contributed by atoms with Crippen LogP contribution in [0.3, 0.4) is 0 Å². The first-order chi connectivity index (χ1) is 16.9. The molecule has 1 fully saturated rings. The number of rotatable bonds is 6. The van der Waals surface area contributed by atoms with Crippen LogP contribution in [0.2, 0.25) is 0 Å². The van der Waals surface area contributed by atoms with E-state index in [1.54, 1.807) is 36.9 Å². The fourth-order valence-electron chi connectivity index (χ4n) is 4.68. The summed E-state index contributed by atoms with van der Waals surface area (Å²) in [6.07, 6.45) is 8.14. The minimum Gasteiger partial charge on any atom is -0.479 e. The molecule has 0 aromatic carbocycles. The van der Waals surface area contributed by atoms with Gasteiger partial charge in [-0.15, -0.1) is 5.10 Å². The number of pyridine rings is 1. The number of fused-ring (bicyclic) bond motifs is 2. The number of hydrogen-bond acceptors (Lipinski definition) is 7. The first-order valence-electron chi connectivity index (χ1n) is 11.5. The Morgan fingerprint density at radius 1 is 1.23 bits per heavy atom. The van der Waals surface area contributed by atoms with Gasteiger partial charge in [-0.25, -0.2) is 13.9 Å². The van der Waals surface area contributed by atoms with Crippen molar-refractivity contribution in [3.63, 3.8) is 0 Å². The average molecular weight is 482 g/mol. The average Bonchev–Trinajstić information content (AvgIpc) is 3.44. The molecule has 4 aromatic rings. The quantitative estimate of drug-likeness (QED) is 0.435. The Balaban J connectivity index is 1.52. The van der Waals surface area contributed by atoms with E-state index in [0.717, 1.165) is 25.7 Å². The highest BCUT2D eigenvalue weighted by atomic mass is 19.1. The van der Waals surface area contributed by atoms with Gasteiger partial charge in [0.1, 0.15) is 16.9 Å². The molecule has 0 unspecified atom stereocenters. The number of carbonyl (C=O) groups is 1. The third kappa shape index (κ3) is 4.05. The van der Waals surface area contributed by atoms with E-state index in [0.29, 0.717) is 28.4 Å². The lowest BCUT2D eigenvalue weighted by Crippen LogP contribution is -2.37. The molecular formula is C24H28FN7O3. The first-order valence-corrected chi connectivity index (χ1v) is 11.5. The second kappa shape index (κ2) is 8.81. The van der Waals surface area contributed by atoms with Crippen LogP contribution in [0.4, 0.5) is 10.3 Å². The second-order valence-corrected chi connectivity index (χ2v) is 9.03. The molecule has 1 saturated carbocycles. The van der Waals surface area contributed by atoms with Crippen LogP contribution in [0, 0.1) is 5.82 Å². The number of halogens is 1. The van der Waals surface area contributed by atoms with Crippen molar-refractivity contribution in [3.05, 3.63) is 42.2 Å². The zero-order valence-electron chi connectivity index (χ0n) is 20.1. The zero-order valence-corrected chi connectivity index (χ0v) is 20.1. The van der Waals surface area contributed by atoms with Crippen molar-refractivity contribution >= 4 is 23.0 Å². The van der Waals surface area contributed by atoms with E-state index < -0.39 is 5.82 Å². The Morgan fingerprint density at radius 2 is 2.00 bits per heavy atom. The number of amides is 1. The second-order valence-electron chi connectivity index (χ2n) is 9.03. The van der Waals surface area contributed by atoms with Crippen molar-refractivity contribution in [2.24, 2.45) is 0 Å². The molecule has 1 aliphatic carbocycles. The minimum absolute atomic E-state index is 0.104. The van der Waals surface area contributed by atoms with Crippen molar-refractivity contribution in [2.45, 2.75) is 44.2 Å². The number of ether oxygens (including phenoxy) is 2. The van der Waals surface area contributed by atoms with Gasteiger partial charge in [-0.05, 0) is 44.7 Å². The number of hydrogen-bond donors (Lipinski definition) is 2. The molecular weight excluding hydrogens is 453 g/mol. The van der Waals surface area contributed by atoms with Crippen molar-refractivity contribution in [3.8, 4) is 17.0 Å². The minimum atomic E-state index is -0.482. The maximum Gasteiger partial charge on any atom is 0.269 e. The van der Waals surface area contributed by atoms with Gasteiger partial charge >= 0.3 is 0 Å². The predicted octanol–water partition coefficient (Wildman–Crippen LogP) is 3.31. The molecule has 4 heterocycles. The standard InChI is InChI=1S/C24H28FN7O3/c1-24(35-4)9-7-15(8-10-24)28-23-29-22(34-3)20-19(16(25)13-32(20)30-23)14-5-6-18-27-11-17(21(33)26-2)31(18)12-14/h5-6,11-13,15H,7-10H2,1-4H3,(H,26,33)(H,28,30)/t15-,24+. The van der Waals surface area contributed by atoms with Gasteiger partial charge in [-0.2, -0.15) is 4.98 Å². The van der Waals surface area contributed by atoms with Crippen LogP contribution in [-0.2, 0) is 4.74 Å². The molecule has 0 spiro atoms. The topological polar surface area (TPSA) is 107 Å². The van der Waals surface area contributed by atoms with E-state index in [1.807, 2.05) is 0 Å². The van der Waals surface area contributed by atoms with Gasteiger partial charge < -0.3 is 20.1 Å². The van der Waals surface area contributed by atoms with Crippen LogP contribution in [0.15, 0.2) is 30.7 Å². The third-order valence-electron chi connectivity index (χ3n) is 6.87. The SMILES string of the molecule is CNC(=O)c1cnc2ccc(-c3c(F)cn4nc(N[C@H]5CC[C@@](C)(OC)CC5)nc(OC)c34)cn12. The van der Waals surface area contributed by atoms with Crippen LogP contribution >= 0.6 is 0 Å². The Hall–Kier alpha value is -3.73. The maximum atomic E-state index is 15.3. The molecule has 1 aliphatic rings. The van der Waals surface area contributed by atoms with Crippen LogP contribution < -0.4 is 15.4 Å². The normalized spacial score (nSPS) is 20.3. The smallest absolute Gasteiger partial charge is 0.269 e. The predicted molar refractivity (Wildman–Crippen MR) is 128 cm³/mol. The molecule has 0 saturated heterocycles. The van der Waals surface area contributed by atoms with Crippen molar-refractivity contribution < 1.29 is 18.7 Å². The molecule has 0 aliphatic heterocycles. The molecule has 0 atom stereocenters. The molecule has 10 nitrogen and oxygen atoms in total. The summed E-state index contributed by atoms with van der Waals surface area (Å²) in [7, 11) is 4.79.